The maximum Gasteiger partial charge on any atom is 0.358 e. The van der Waals surface area contributed by atoms with Crippen LogP contribution in [0.1, 0.15) is 30.8 Å². The van der Waals surface area contributed by atoms with Crippen molar-refractivity contribution in [2.24, 2.45) is 11.8 Å². The van der Waals surface area contributed by atoms with Crippen LogP contribution in [-0.2, 0) is 6.54 Å². The lowest BCUT2D eigenvalue weighted by Gasteiger charge is -2.34. The number of nitrogens with zero attached hydrogens (tertiary/aromatic N) is 4. The minimum Gasteiger partial charge on any atom is -0.476 e. The van der Waals surface area contributed by atoms with E-state index in [1.807, 2.05) is 4.90 Å². The van der Waals surface area contributed by atoms with Crippen LogP contribution in [0.5, 0.6) is 0 Å². The van der Waals surface area contributed by atoms with Crippen LogP contribution in [0, 0.1) is 11.8 Å². The fraction of sp³-hybridized carbons (Fsp3) is 0.692. The van der Waals surface area contributed by atoms with Crippen LogP contribution in [0.2, 0.25) is 0 Å². The molecule has 2 atom stereocenters. The molecule has 0 radical (unpaired) electrons. The predicted molar refractivity (Wildman–Crippen MR) is 74.9 cm³/mol. The Morgan fingerprint density at radius 2 is 2.05 bits per heavy atom. The third kappa shape index (κ3) is 4.17. The van der Waals surface area contributed by atoms with E-state index in [9.17, 15) is 9.59 Å². The molecule has 1 aliphatic heterocycles. The Kier molecular flexibility index (Phi) is 4.77. The molecular formula is C13H21N5O3. The number of carboxylic acids is 1. The maximum absolute atomic E-state index is 12.1. The summed E-state index contributed by atoms with van der Waals surface area (Å²) in [5.74, 6) is -0.0672. The van der Waals surface area contributed by atoms with E-state index in [4.69, 9.17) is 5.11 Å². The van der Waals surface area contributed by atoms with Crippen LogP contribution in [0.3, 0.4) is 0 Å². The van der Waals surface area contributed by atoms with Crippen LogP contribution >= 0.6 is 0 Å². The Labute approximate surface area is 123 Å². The minimum atomic E-state index is -1.11. The van der Waals surface area contributed by atoms with Gasteiger partial charge in [-0.2, -0.15) is 0 Å². The minimum absolute atomic E-state index is 0.0769. The zero-order chi connectivity index (χ0) is 15.4. The monoisotopic (exact) mass is 295 g/mol. The second-order valence-corrected chi connectivity index (χ2v) is 5.75. The van der Waals surface area contributed by atoms with Gasteiger partial charge in [-0.15, -0.1) is 5.10 Å². The van der Waals surface area contributed by atoms with E-state index in [-0.39, 0.29) is 11.7 Å². The number of piperidine rings is 1. The molecule has 8 heteroatoms. The molecular weight excluding hydrogens is 274 g/mol. The summed E-state index contributed by atoms with van der Waals surface area (Å²) in [7, 11) is 0. The Hall–Kier alpha value is -2.12. The van der Waals surface area contributed by atoms with Crippen molar-refractivity contribution in [2.75, 3.05) is 19.6 Å². The van der Waals surface area contributed by atoms with Crippen molar-refractivity contribution >= 4 is 12.0 Å². The van der Waals surface area contributed by atoms with Gasteiger partial charge in [0.25, 0.3) is 0 Å². The van der Waals surface area contributed by atoms with E-state index >= 15 is 0 Å². The van der Waals surface area contributed by atoms with E-state index in [1.54, 1.807) is 0 Å². The summed E-state index contributed by atoms with van der Waals surface area (Å²) in [6.45, 7) is 6.65. The van der Waals surface area contributed by atoms with E-state index < -0.39 is 5.97 Å². The molecule has 0 bridgehead atoms. The number of urea groups is 1. The second-order valence-electron chi connectivity index (χ2n) is 5.75. The van der Waals surface area contributed by atoms with E-state index in [0.717, 1.165) is 19.5 Å². The molecule has 2 amide bonds. The number of nitrogens with one attached hydrogen (secondary N) is 1. The normalized spacial score (nSPS) is 22.1. The van der Waals surface area contributed by atoms with E-state index in [0.29, 0.717) is 24.9 Å². The third-order valence-electron chi connectivity index (χ3n) is 3.53. The molecule has 1 aromatic rings. The smallest absolute Gasteiger partial charge is 0.358 e. The van der Waals surface area contributed by atoms with E-state index in [2.05, 4.69) is 29.5 Å². The molecule has 8 nitrogen and oxygen atoms in total. The highest BCUT2D eigenvalue weighted by Gasteiger charge is 2.25. The highest BCUT2D eigenvalue weighted by Crippen LogP contribution is 2.20. The van der Waals surface area contributed by atoms with Gasteiger partial charge in [-0.3, -0.25) is 0 Å². The number of likely N-dealkylation sites (tertiary alicyclic amines) is 1. The summed E-state index contributed by atoms with van der Waals surface area (Å²) in [6.07, 6.45) is 2.50. The zero-order valence-corrected chi connectivity index (χ0v) is 12.3. The molecule has 1 saturated heterocycles. The van der Waals surface area contributed by atoms with Gasteiger partial charge in [-0.25, -0.2) is 14.3 Å². The predicted octanol–water partition coefficient (Wildman–Crippen LogP) is 0.664. The summed E-state index contributed by atoms with van der Waals surface area (Å²) < 4.78 is 1.41. The van der Waals surface area contributed by atoms with Gasteiger partial charge in [0, 0.05) is 19.6 Å². The van der Waals surface area contributed by atoms with Gasteiger partial charge in [-0.1, -0.05) is 19.1 Å². The summed E-state index contributed by atoms with van der Waals surface area (Å²) in [4.78, 5) is 24.6. The second kappa shape index (κ2) is 6.55. The first kappa shape index (κ1) is 15.3. The number of rotatable bonds is 4. The lowest BCUT2D eigenvalue weighted by Crippen LogP contribution is -2.48. The Bertz CT molecular complexity index is 506. The standard InChI is InChI=1S/C13H21N5O3/c1-9-5-10(2)7-17(6-9)13(21)14-3-4-18-8-11(12(19)20)15-16-18/h8-10H,3-7H2,1-2H3,(H,14,21)(H,19,20). The number of carbonyl (C=O) groups excluding carboxylic acids is 1. The highest BCUT2D eigenvalue weighted by molar-refractivity contribution is 5.84. The number of aromatic nitrogens is 3. The van der Waals surface area contributed by atoms with Gasteiger partial charge >= 0.3 is 12.0 Å². The SMILES string of the molecule is CC1CC(C)CN(C(=O)NCCn2cc(C(=O)O)nn2)C1. The topological polar surface area (TPSA) is 100 Å². The third-order valence-corrected chi connectivity index (χ3v) is 3.53. The average molecular weight is 295 g/mol. The summed E-state index contributed by atoms with van der Waals surface area (Å²) in [6, 6.07) is -0.0769. The number of carboxylic acid groups (broad SMARTS) is 1. The zero-order valence-electron chi connectivity index (χ0n) is 12.3. The van der Waals surface area contributed by atoms with Crippen LogP contribution < -0.4 is 5.32 Å². The first-order chi connectivity index (χ1) is 9.95. The van der Waals surface area contributed by atoms with Crippen LogP contribution in [0.25, 0.3) is 0 Å². The van der Waals surface area contributed by atoms with Gasteiger partial charge in [-0.05, 0) is 18.3 Å². The molecule has 1 aromatic heterocycles. The number of hydrogen-bond acceptors (Lipinski definition) is 4. The fourth-order valence-electron chi connectivity index (χ4n) is 2.72. The number of amides is 2. The number of aromatic carboxylic acids is 1. The maximum atomic E-state index is 12.1. The van der Waals surface area contributed by atoms with Crippen molar-refractivity contribution in [3.63, 3.8) is 0 Å². The number of hydrogen-bond donors (Lipinski definition) is 2. The molecule has 21 heavy (non-hydrogen) atoms. The number of carbonyl (C=O) groups is 2. The van der Waals surface area contributed by atoms with Gasteiger partial charge < -0.3 is 15.3 Å². The first-order valence-electron chi connectivity index (χ1n) is 7.12. The molecule has 0 aromatic carbocycles. The quantitative estimate of drug-likeness (QED) is 0.850. The molecule has 1 aliphatic rings. The van der Waals surface area contributed by atoms with Gasteiger partial charge in [0.15, 0.2) is 5.69 Å². The molecule has 2 heterocycles. The molecule has 2 unspecified atom stereocenters. The summed E-state index contributed by atoms with van der Waals surface area (Å²) in [5.41, 5.74) is -0.0972. The summed E-state index contributed by atoms with van der Waals surface area (Å²) >= 11 is 0. The molecule has 116 valence electrons. The highest BCUT2D eigenvalue weighted by atomic mass is 16.4. The Balaban J connectivity index is 1.77. The molecule has 1 fully saturated rings. The Morgan fingerprint density at radius 3 is 2.62 bits per heavy atom. The lowest BCUT2D eigenvalue weighted by molar-refractivity contribution is 0.0690. The largest absolute Gasteiger partial charge is 0.476 e. The van der Waals surface area contributed by atoms with Crippen molar-refractivity contribution in [3.8, 4) is 0 Å². The fourth-order valence-corrected chi connectivity index (χ4v) is 2.72. The molecule has 0 saturated carbocycles. The van der Waals surface area contributed by atoms with Crippen molar-refractivity contribution in [2.45, 2.75) is 26.8 Å². The van der Waals surface area contributed by atoms with Gasteiger partial charge in [0.2, 0.25) is 0 Å². The van der Waals surface area contributed by atoms with Crippen LogP contribution in [-0.4, -0.2) is 56.6 Å². The lowest BCUT2D eigenvalue weighted by atomic mass is 9.92. The Morgan fingerprint density at radius 1 is 1.38 bits per heavy atom. The van der Waals surface area contributed by atoms with Crippen molar-refractivity contribution in [1.29, 1.82) is 0 Å². The average Bonchev–Trinajstić information content (AvgIpc) is 2.86. The molecule has 2 rings (SSSR count). The van der Waals surface area contributed by atoms with Crippen LogP contribution in [0.15, 0.2) is 6.20 Å². The van der Waals surface area contributed by atoms with Crippen molar-refractivity contribution in [1.82, 2.24) is 25.2 Å². The molecule has 0 aliphatic carbocycles. The van der Waals surface area contributed by atoms with Gasteiger partial charge in [0.1, 0.15) is 0 Å². The first-order valence-corrected chi connectivity index (χ1v) is 7.12. The summed E-state index contributed by atoms with van der Waals surface area (Å²) in [5, 5.41) is 18.8. The van der Waals surface area contributed by atoms with E-state index in [1.165, 1.54) is 10.9 Å². The van der Waals surface area contributed by atoms with Crippen molar-refractivity contribution in [3.05, 3.63) is 11.9 Å². The molecule has 2 N–H and O–H groups in total. The van der Waals surface area contributed by atoms with Crippen LogP contribution in [0.4, 0.5) is 4.79 Å². The van der Waals surface area contributed by atoms with Crippen molar-refractivity contribution < 1.29 is 14.7 Å². The van der Waals surface area contributed by atoms with Gasteiger partial charge in [0.05, 0.1) is 12.7 Å². The molecule has 0 spiro atoms.